The average Bonchev–Trinajstić information content (AvgIpc) is 3.17. The molecule has 1 amide bonds. The number of hydrogen-bond acceptors (Lipinski definition) is 2. The molecule has 0 bridgehead atoms. The number of carbonyl (C=O) groups excluding carboxylic acids is 1. The van der Waals surface area contributed by atoms with E-state index in [1.54, 1.807) is 18.3 Å². The molecule has 120 valence electrons. The monoisotopic (exact) mass is 317 g/mol. The Kier molecular flexibility index (Phi) is 4.87. The van der Waals surface area contributed by atoms with Gasteiger partial charge in [-0.25, -0.2) is 5.43 Å². The van der Waals surface area contributed by atoms with Crippen LogP contribution in [0.5, 0.6) is 0 Å². The third-order valence-electron chi connectivity index (χ3n) is 3.80. The smallest absolute Gasteiger partial charge is 0.271 e. The highest BCUT2D eigenvalue weighted by Crippen LogP contribution is 2.10. The van der Waals surface area contributed by atoms with Crippen molar-refractivity contribution in [2.75, 3.05) is 0 Å². The van der Waals surface area contributed by atoms with E-state index in [1.807, 2.05) is 53.4 Å². The molecule has 24 heavy (non-hydrogen) atoms. The zero-order valence-electron chi connectivity index (χ0n) is 13.5. The van der Waals surface area contributed by atoms with E-state index in [-0.39, 0.29) is 5.91 Å². The molecule has 0 unspecified atom stereocenters. The maximum atomic E-state index is 12.1. The largest absolute Gasteiger partial charge is 0.324 e. The fraction of sp³-hybridized carbons (Fsp3) is 0.100. The number of rotatable bonds is 5. The highest BCUT2D eigenvalue weighted by molar-refractivity contribution is 5.95. The van der Waals surface area contributed by atoms with Crippen LogP contribution in [0.1, 0.15) is 28.4 Å². The van der Waals surface area contributed by atoms with Crippen molar-refractivity contribution in [1.82, 2.24) is 9.99 Å². The highest BCUT2D eigenvalue weighted by atomic mass is 16.2. The molecule has 1 N–H and O–H groups in total. The lowest BCUT2D eigenvalue weighted by Gasteiger charge is -2.04. The zero-order valence-corrected chi connectivity index (χ0v) is 13.5. The second-order valence-electron chi connectivity index (χ2n) is 5.43. The van der Waals surface area contributed by atoms with Gasteiger partial charge in [0.25, 0.3) is 5.91 Å². The molecule has 0 aliphatic heterocycles. The van der Waals surface area contributed by atoms with Gasteiger partial charge in [0.2, 0.25) is 0 Å². The number of nitrogens with zero attached hydrogens (tertiary/aromatic N) is 2. The molecule has 2 aromatic carbocycles. The standard InChI is InChI=1S/C20H19N3O/c1-2-16-5-7-17(8-6-16)15-21-22-20(24)18-9-11-19(12-10-18)23-13-3-4-14-23/h3-15H,2H2,1H3,(H,22,24)/b21-15+. The van der Waals surface area contributed by atoms with E-state index in [1.165, 1.54) is 5.56 Å². The predicted molar refractivity (Wildman–Crippen MR) is 96.6 cm³/mol. The van der Waals surface area contributed by atoms with E-state index in [0.29, 0.717) is 5.56 Å². The minimum Gasteiger partial charge on any atom is -0.324 e. The first-order valence-corrected chi connectivity index (χ1v) is 7.92. The summed E-state index contributed by atoms with van der Waals surface area (Å²) in [5, 5.41) is 4.02. The summed E-state index contributed by atoms with van der Waals surface area (Å²) in [6, 6.07) is 19.4. The fourth-order valence-corrected chi connectivity index (χ4v) is 2.36. The van der Waals surface area contributed by atoms with E-state index < -0.39 is 0 Å². The Morgan fingerprint density at radius 2 is 1.71 bits per heavy atom. The molecule has 1 heterocycles. The van der Waals surface area contributed by atoms with Crippen molar-refractivity contribution in [2.24, 2.45) is 5.10 Å². The minimum absolute atomic E-state index is 0.226. The number of hydrogen-bond donors (Lipinski definition) is 1. The second-order valence-corrected chi connectivity index (χ2v) is 5.43. The van der Waals surface area contributed by atoms with Crippen molar-refractivity contribution in [3.63, 3.8) is 0 Å². The topological polar surface area (TPSA) is 46.4 Å². The van der Waals surface area contributed by atoms with Crippen molar-refractivity contribution >= 4 is 12.1 Å². The SMILES string of the molecule is CCc1ccc(/C=N/NC(=O)c2ccc(-n3cccc3)cc2)cc1. The molecule has 0 radical (unpaired) electrons. The van der Waals surface area contributed by atoms with Crippen molar-refractivity contribution in [3.05, 3.63) is 89.7 Å². The van der Waals surface area contributed by atoms with Gasteiger partial charge < -0.3 is 4.57 Å². The lowest BCUT2D eigenvalue weighted by molar-refractivity contribution is 0.0955. The summed E-state index contributed by atoms with van der Waals surface area (Å²) >= 11 is 0. The Bertz CT molecular complexity index is 816. The van der Waals surface area contributed by atoms with Crippen molar-refractivity contribution in [3.8, 4) is 5.69 Å². The van der Waals surface area contributed by atoms with Gasteiger partial charge in [-0.3, -0.25) is 4.79 Å². The van der Waals surface area contributed by atoms with Gasteiger partial charge in [-0.05, 0) is 53.9 Å². The molecule has 0 spiro atoms. The molecular formula is C20H19N3O. The van der Waals surface area contributed by atoms with Crippen LogP contribution in [0, 0.1) is 0 Å². The summed E-state index contributed by atoms with van der Waals surface area (Å²) in [6.45, 7) is 2.12. The van der Waals surface area contributed by atoms with Crippen molar-refractivity contribution < 1.29 is 4.79 Å². The maximum absolute atomic E-state index is 12.1. The number of benzene rings is 2. The summed E-state index contributed by atoms with van der Waals surface area (Å²) < 4.78 is 1.99. The maximum Gasteiger partial charge on any atom is 0.271 e. The number of hydrazone groups is 1. The average molecular weight is 317 g/mol. The quantitative estimate of drug-likeness (QED) is 0.564. The lowest BCUT2D eigenvalue weighted by Crippen LogP contribution is -2.17. The molecule has 0 aliphatic carbocycles. The molecule has 0 atom stereocenters. The van der Waals surface area contributed by atoms with Crippen molar-refractivity contribution in [1.29, 1.82) is 0 Å². The minimum atomic E-state index is -0.226. The van der Waals surface area contributed by atoms with E-state index in [0.717, 1.165) is 17.7 Å². The van der Waals surface area contributed by atoms with Gasteiger partial charge in [0.15, 0.2) is 0 Å². The Balaban J connectivity index is 1.61. The molecular weight excluding hydrogens is 298 g/mol. The molecule has 0 aliphatic rings. The van der Waals surface area contributed by atoms with Crippen molar-refractivity contribution in [2.45, 2.75) is 13.3 Å². The van der Waals surface area contributed by atoms with E-state index in [9.17, 15) is 4.79 Å². The van der Waals surface area contributed by atoms with Crippen LogP contribution in [0.25, 0.3) is 5.69 Å². The third-order valence-corrected chi connectivity index (χ3v) is 3.80. The van der Waals surface area contributed by atoms with E-state index in [2.05, 4.69) is 29.6 Å². The highest BCUT2D eigenvalue weighted by Gasteiger charge is 2.04. The number of amides is 1. The Morgan fingerprint density at radius 1 is 1.04 bits per heavy atom. The third kappa shape index (κ3) is 3.79. The van der Waals surface area contributed by atoms with Gasteiger partial charge in [0.05, 0.1) is 6.21 Å². The van der Waals surface area contributed by atoms with E-state index in [4.69, 9.17) is 0 Å². The fourth-order valence-electron chi connectivity index (χ4n) is 2.36. The summed E-state index contributed by atoms with van der Waals surface area (Å²) in [6.07, 6.45) is 6.57. The van der Waals surface area contributed by atoms with Crippen LogP contribution in [0.2, 0.25) is 0 Å². The zero-order chi connectivity index (χ0) is 16.8. The first-order chi connectivity index (χ1) is 11.8. The van der Waals surface area contributed by atoms with Gasteiger partial charge in [-0.1, -0.05) is 31.2 Å². The van der Waals surface area contributed by atoms with Gasteiger partial charge >= 0.3 is 0 Å². The Hall–Kier alpha value is -3.14. The van der Waals surface area contributed by atoms with Crippen LogP contribution in [-0.4, -0.2) is 16.7 Å². The Morgan fingerprint density at radius 3 is 2.33 bits per heavy atom. The van der Waals surface area contributed by atoms with Crippen LogP contribution < -0.4 is 5.43 Å². The first-order valence-electron chi connectivity index (χ1n) is 7.92. The lowest BCUT2D eigenvalue weighted by atomic mass is 10.1. The number of carbonyl (C=O) groups is 1. The van der Waals surface area contributed by atoms with Crippen LogP contribution in [0.4, 0.5) is 0 Å². The molecule has 3 rings (SSSR count). The van der Waals surface area contributed by atoms with E-state index >= 15 is 0 Å². The summed E-state index contributed by atoms with van der Waals surface area (Å²) in [5.41, 5.74) is 6.37. The summed E-state index contributed by atoms with van der Waals surface area (Å²) in [4.78, 5) is 12.1. The summed E-state index contributed by atoms with van der Waals surface area (Å²) in [5.74, 6) is -0.226. The van der Waals surface area contributed by atoms with Gasteiger partial charge in [-0.2, -0.15) is 5.10 Å². The Labute approximate surface area is 141 Å². The number of aryl methyl sites for hydroxylation is 1. The molecule has 4 nitrogen and oxygen atoms in total. The normalized spacial score (nSPS) is 10.9. The van der Waals surface area contributed by atoms with Gasteiger partial charge in [0, 0.05) is 23.6 Å². The molecule has 0 fully saturated rings. The number of nitrogens with one attached hydrogen (secondary N) is 1. The van der Waals surface area contributed by atoms with Crippen LogP contribution >= 0.6 is 0 Å². The van der Waals surface area contributed by atoms with Crippen LogP contribution in [0.15, 0.2) is 78.2 Å². The molecule has 0 saturated carbocycles. The van der Waals surface area contributed by atoms with Gasteiger partial charge in [-0.15, -0.1) is 0 Å². The van der Waals surface area contributed by atoms with Gasteiger partial charge in [0.1, 0.15) is 0 Å². The first kappa shape index (κ1) is 15.7. The van der Waals surface area contributed by atoms with Crippen LogP contribution in [0.3, 0.4) is 0 Å². The predicted octanol–water partition coefficient (Wildman–Crippen LogP) is 3.80. The molecule has 3 aromatic rings. The molecule has 4 heteroatoms. The summed E-state index contributed by atoms with van der Waals surface area (Å²) in [7, 11) is 0. The molecule has 0 saturated heterocycles. The molecule has 1 aromatic heterocycles. The number of aromatic nitrogens is 1. The van der Waals surface area contributed by atoms with Crippen LogP contribution in [-0.2, 0) is 6.42 Å². The second kappa shape index (κ2) is 7.42.